The van der Waals surface area contributed by atoms with Gasteiger partial charge < -0.3 is 15.5 Å². The monoisotopic (exact) mass is 331 g/mol. The lowest BCUT2D eigenvalue weighted by molar-refractivity contribution is -0.129. The molecule has 1 aliphatic carbocycles. The van der Waals surface area contributed by atoms with E-state index < -0.39 is 0 Å². The number of amides is 2. The van der Waals surface area contributed by atoms with Gasteiger partial charge in [0.1, 0.15) is 0 Å². The fourth-order valence-corrected chi connectivity index (χ4v) is 3.87. The van der Waals surface area contributed by atoms with Crippen molar-refractivity contribution in [2.45, 2.75) is 45.1 Å². The molecule has 7 heteroatoms. The maximum atomic E-state index is 12.6. The summed E-state index contributed by atoms with van der Waals surface area (Å²) in [5, 5.41) is 0. The molecule has 1 saturated heterocycles. The predicted molar refractivity (Wildman–Crippen MR) is 90.2 cm³/mol. The molecule has 2 heterocycles. The van der Waals surface area contributed by atoms with Crippen molar-refractivity contribution in [3.8, 4) is 0 Å². The molecule has 7 nitrogen and oxygen atoms in total. The molecule has 0 radical (unpaired) electrons. The molecule has 0 aromatic carbocycles. The fourth-order valence-electron chi connectivity index (χ4n) is 3.87. The van der Waals surface area contributed by atoms with Crippen molar-refractivity contribution in [1.29, 1.82) is 0 Å². The first-order valence-corrected chi connectivity index (χ1v) is 8.59. The molecule has 1 atom stereocenters. The number of carbonyl (C=O) groups is 2. The van der Waals surface area contributed by atoms with E-state index in [1.165, 1.54) is 19.0 Å². The maximum absolute atomic E-state index is 12.6. The summed E-state index contributed by atoms with van der Waals surface area (Å²) in [6.45, 7) is 3.08. The molecule has 2 N–H and O–H groups in total. The molecule has 1 aromatic heterocycles. The molecule has 0 spiro atoms. The molecule has 24 heavy (non-hydrogen) atoms. The topological polar surface area (TPSA) is 92.4 Å². The Labute approximate surface area is 142 Å². The van der Waals surface area contributed by atoms with E-state index in [4.69, 9.17) is 5.73 Å². The molecule has 130 valence electrons. The van der Waals surface area contributed by atoms with Gasteiger partial charge in [-0.25, -0.2) is 9.97 Å². The highest BCUT2D eigenvalue weighted by atomic mass is 16.2. The van der Waals surface area contributed by atoms with E-state index in [2.05, 4.69) is 9.97 Å². The zero-order valence-electron chi connectivity index (χ0n) is 14.4. The van der Waals surface area contributed by atoms with Crippen LogP contribution in [0, 0.1) is 12.8 Å². The summed E-state index contributed by atoms with van der Waals surface area (Å²) in [7, 11) is 1.76. The molecule has 2 amide bonds. The van der Waals surface area contributed by atoms with E-state index in [1.54, 1.807) is 18.9 Å². The lowest BCUT2D eigenvalue weighted by atomic mass is 10.1. The zero-order valence-corrected chi connectivity index (χ0v) is 14.4. The summed E-state index contributed by atoms with van der Waals surface area (Å²) in [4.78, 5) is 36.5. The lowest BCUT2D eigenvalue weighted by Gasteiger charge is -2.25. The molecule has 3 rings (SSSR count). The van der Waals surface area contributed by atoms with Crippen LogP contribution in [0.5, 0.6) is 0 Å². The van der Waals surface area contributed by atoms with Crippen molar-refractivity contribution in [1.82, 2.24) is 19.8 Å². The highest BCUT2D eigenvalue weighted by Gasteiger charge is 2.36. The Hall–Kier alpha value is -2.18. The number of nitrogens with zero attached hydrogens (tertiary/aromatic N) is 4. The molecule has 2 aliphatic rings. The molecule has 1 aromatic rings. The van der Waals surface area contributed by atoms with Crippen LogP contribution in [0.15, 0.2) is 6.20 Å². The zero-order chi connectivity index (χ0) is 17.3. The van der Waals surface area contributed by atoms with Crippen LogP contribution >= 0.6 is 0 Å². The Kier molecular flexibility index (Phi) is 4.69. The van der Waals surface area contributed by atoms with Crippen molar-refractivity contribution < 1.29 is 9.59 Å². The molecule has 0 unspecified atom stereocenters. The number of likely N-dealkylation sites (tertiary alicyclic amines) is 1. The third-order valence-corrected chi connectivity index (χ3v) is 5.11. The number of carbonyl (C=O) groups excluding carboxylic acids is 2. The Bertz CT molecular complexity index is 642. The van der Waals surface area contributed by atoms with Crippen LogP contribution < -0.4 is 5.73 Å². The number of anilines is 1. The van der Waals surface area contributed by atoms with Crippen LogP contribution in [-0.4, -0.2) is 57.8 Å². The third-order valence-electron chi connectivity index (χ3n) is 5.11. The van der Waals surface area contributed by atoms with Crippen molar-refractivity contribution in [2.24, 2.45) is 5.92 Å². The second kappa shape index (κ2) is 6.75. The minimum atomic E-state index is -0.126. The highest BCUT2D eigenvalue weighted by Crippen LogP contribution is 2.29. The van der Waals surface area contributed by atoms with Gasteiger partial charge in [-0.2, -0.15) is 0 Å². The Balaban J connectivity index is 1.61. The normalized spacial score (nSPS) is 21.5. The van der Waals surface area contributed by atoms with E-state index >= 15 is 0 Å². The number of nitrogen functional groups attached to an aromatic ring is 1. The van der Waals surface area contributed by atoms with Gasteiger partial charge in [-0.15, -0.1) is 0 Å². The summed E-state index contributed by atoms with van der Waals surface area (Å²) >= 11 is 0. The number of aryl methyl sites for hydroxylation is 1. The first-order chi connectivity index (χ1) is 11.5. The number of rotatable bonds is 4. The second-order valence-electron chi connectivity index (χ2n) is 6.97. The van der Waals surface area contributed by atoms with Crippen molar-refractivity contribution in [2.75, 3.05) is 25.9 Å². The molecule has 0 bridgehead atoms. The quantitative estimate of drug-likeness (QED) is 0.896. The average Bonchev–Trinajstić information content (AvgIpc) is 3.16. The molecular weight excluding hydrogens is 306 g/mol. The minimum Gasteiger partial charge on any atom is -0.368 e. The number of hydrogen-bond donors (Lipinski definition) is 1. The maximum Gasteiger partial charge on any atom is 0.257 e. The lowest BCUT2D eigenvalue weighted by Crippen LogP contribution is -2.36. The molecule has 1 saturated carbocycles. The van der Waals surface area contributed by atoms with Gasteiger partial charge in [-0.3, -0.25) is 9.59 Å². The van der Waals surface area contributed by atoms with Gasteiger partial charge in [0.05, 0.1) is 11.3 Å². The third kappa shape index (κ3) is 3.34. The summed E-state index contributed by atoms with van der Waals surface area (Å²) in [6, 6.07) is 0.413. The van der Waals surface area contributed by atoms with Crippen LogP contribution in [0.3, 0.4) is 0 Å². The van der Waals surface area contributed by atoms with Crippen LogP contribution in [0.25, 0.3) is 0 Å². The Morgan fingerprint density at radius 1 is 1.42 bits per heavy atom. The van der Waals surface area contributed by atoms with E-state index in [0.717, 1.165) is 19.4 Å². The SMILES string of the molecule is Cc1nc(N)ncc1C(=O)N(C)C[C@H]1CC(=O)N(C2CCCC2)C1. The summed E-state index contributed by atoms with van der Waals surface area (Å²) in [5.41, 5.74) is 6.58. The summed E-state index contributed by atoms with van der Waals surface area (Å²) in [5.74, 6) is 0.473. The van der Waals surface area contributed by atoms with Gasteiger partial charge in [-0.1, -0.05) is 12.8 Å². The largest absolute Gasteiger partial charge is 0.368 e. The second-order valence-corrected chi connectivity index (χ2v) is 6.97. The van der Waals surface area contributed by atoms with Crippen LogP contribution in [0.1, 0.15) is 48.2 Å². The summed E-state index contributed by atoms with van der Waals surface area (Å²) < 4.78 is 0. The molecular formula is C17H25N5O2. The smallest absolute Gasteiger partial charge is 0.257 e. The van der Waals surface area contributed by atoms with Gasteiger partial charge >= 0.3 is 0 Å². The van der Waals surface area contributed by atoms with Crippen molar-refractivity contribution >= 4 is 17.8 Å². The van der Waals surface area contributed by atoms with Gasteiger partial charge in [-0.05, 0) is 19.8 Å². The predicted octanol–water partition coefficient (Wildman–Crippen LogP) is 1.23. The number of hydrogen-bond acceptors (Lipinski definition) is 5. The first-order valence-electron chi connectivity index (χ1n) is 8.59. The first kappa shape index (κ1) is 16.7. The van der Waals surface area contributed by atoms with E-state index in [-0.39, 0.29) is 23.7 Å². The van der Waals surface area contributed by atoms with E-state index in [0.29, 0.717) is 30.3 Å². The summed E-state index contributed by atoms with van der Waals surface area (Å²) in [6.07, 6.45) is 6.68. The number of aromatic nitrogens is 2. The highest BCUT2D eigenvalue weighted by molar-refractivity contribution is 5.94. The minimum absolute atomic E-state index is 0.126. The van der Waals surface area contributed by atoms with E-state index in [9.17, 15) is 9.59 Å². The average molecular weight is 331 g/mol. The van der Waals surface area contributed by atoms with Crippen LogP contribution in [0.2, 0.25) is 0 Å². The molecule has 2 fully saturated rings. The van der Waals surface area contributed by atoms with E-state index in [1.807, 2.05) is 4.90 Å². The Morgan fingerprint density at radius 3 is 2.79 bits per heavy atom. The van der Waals surface area contributed by atoms with Crippen molar-refractivity contribution in [3.63, 3.8) is 0 Å². The fraction of sp³-hybridized carbons (Fsp3) is 0.647. The van der Waals surface area contributed by atoms with Crippen LogP contribution in [0.4, 0.5) is 5.95 Å². The standard InChI is InChI=1S/C17H25N5O2/c1-11-14(8-19-17(18)20-11)16(24)21(2)9-12-7-15(23)22(10-12)13-5-3-4-6-13/h8,12-13H,3-7,9-10H2,1-2H3,(H2,18,19,20)/t12-/m1/s1. The van der Waals surface area contributed by atoms with Gasteiger partial charge in [0.15, 0.2) is 0 Å². The van der Waals surface area contributed by atoms with Gasteiger partial charge in [0, 0.05) is 44.7 Å². The van der Waals surface area contributed by atoms with Crippen molar-refractivity contribution in [3.05, 3.63) is 17.5 Å². The van der Waals surface area contributed by atoms with Gasteiger partial charge in [0.2, 0.25) is 11.9 Å². The van der Waals surface area contributed by atoms with Crippen LogP contribution in [-0.2, 0) is 4.79 Å². The van der Waals surface area contributed by atoms with Gasteiger partial charge in [0.25, 0.3) is 5.91 Å². The molecule has 1 aliphatic heterocycles. The Morgan fingerprint density at radius 2 is 2.12 bits per heavy atom. The number of nitrogens with two attached hydrogens (primary N) is 1.